The molecule has 0 radical (unpaired) electrons. The highest BCUT2D eigenvalue weighted by Crippen LogP contribution is 2.14. The van der Waals surface area contributed by atoms with Crippen LogP contribution in [0.3, 0.4) is 0 Å². The SMILES string of the molecule is CN=C(NCC(=O)NC(C)(C)C)NCc1ccccc1Cl.I. The number of hydrogen-bond donors (Lipinski definition) is 3. The molecule has 0 aliphatic carbocycles. The highest BCUT2D eigenvalue weighted by Gasteiger charge is 2.13. The van der Waals surface area contributed by atoms with Crippen LogP contribution in [0.4, 0.5) is 0 Å². The van der Waals surface area contributed by atoms with Gasteiger partial charge in [0.25, 0.3) is 0 Å². The molecular formula is C15H24ClIN4O. The van der Waals surface area contributed by atoms with Crippen molar-refractivity contribution >= 4 is 47.4 Å². The van der Waals surface area contributed by atoms with Crippen molar-refractivity contribution in [1.29, 1.82) is 0 Å². The van der Waals surface area contributed by atoms with Crippen molar-refractivity contribution in [2.24, 2.45) is 4.99 Å². The highest BCUT2D eigenvalue weighted by atomic mass is 127. The van der Waals surface area contributed by atoms with Crippen LogP contribution in [0.15, 0.2) is 29.3 Å². The Balaban J connectivity index is 0.00000441. The van der Waals surface area contributed by atoms with E-state index in [4.69, 9.17) is 11.6 Å². The maximum absolute atomic E-state index is 11.7. The fourth-order valence-corrected chi connectivity index (χ4v) is 1.87. The first-order valence-corrected chi connectivity index (χ1v) is 7.18. The lowest BCUT2D eigenvalue weighted by Crippen LogP contribution is -2.48. The number of guanidine groups is 1. The summed E-state index contributed by atoms with van der Waals surface area (Å²) >= 11 is 6.09. The number of rotatable bonds is 4. The molecule has 1 aromatic rings. The molecule has 22 heavy (non-hydrogen) atoms. The van der Waals surface area contributed by atoms with Crippen LogP contribution in [-0.4, -0.2) is 31.0 Å². The zero-order valence-corrected chi connectivity index (χ0v) is 16.5. The van der Waals surface area contributed by atoms with E-state index in [0.29, 0.717) is 17.5 Å². The Bertz CT molecular complexity index is 515. The minimum atomic E-state index is -0.243. The predicted octanol–water partition coefficient (Wildman–Crippen LogP) is 2.54. The fourth-order valence-electron chi connectivity index (χ4n) is 1.67. The molecule has 0 unspecified atom stereocenters. The summed E-state index contributed by atoms with van der Waals surface area (Å²) in [5.74, 6) is 0.474. The molecule has 0 spiro atoms. The van der Waals surface area contributed by atoms with E-state index >= 15 is 0 Å². The maximum Gasteiger partial charge on any atom is 0.239 e. The molecule has 0 atom stereocenters. The number of amides is 1. The molecule has 0 saturated carbocycles. The quantitative estimate of drug-likeness (QED) is 0.384. The van der Waals surface area contributed by atoms with Crippen molar-refractivity contribution in [3.8, 4) is 0 Å². The van der Waals surface area contributed by atoms with E-state index in [9.17, 15) is 4.79 Å². The summed E-state index contributed by atoms with van der Waals surface area (Å²) in [5, 5.41) is 9.66. The Labute approximate surface area is 154 Å². The van der Waals surface area contributed by atoms with Crippen LogP contribution in [0.1, 0.15) is 26.3 Å². The standard InChI is InChI=1S/C15H23ClN4O.HI/c1-15(2,3)20-13(21)10-19-14(17-4)18-9-11-7-5-6-8-12(11)16;/h5-8H,9-10H2,1-4H3,(H,20,21)(H2,17,18,19);1H. The molecule has 0 aliphatic rings. The number of carbonyl (C=O) groups excluding carboxylic acids is 1. The van der Waals surface area contributed by atoms with Gasteiger partial charge in [0.2, 0.25) is 5.91 Å². The average Bonchev–Trinajstić information content (AvgIpc) is 2.38. The first-order chi connectivity index (χ1) is 9.81. The van der Waals surface area contributed by atoms with Gasteiger partial charge < -0.3 is 16.0 Å². The predicted molar refractivity (Wildman–Crippen MR) is 103 cm³/mol. The van der Waals surface area contributed by atoms with Crippen LogP contribution < -0.4 is 16.0 Å². The van der Waals surface area contributed by atoms with Crippen molar-refractivity contribution in [3.63, 3.8) is 0 Å². The second-order valence-electron chi connectivity index (χ2n) is 5.67. The second kappa shape index (κ2) is 9.89. The van der Waals surface area contributed by atoms with Gasteiger partial charge in [-0.15, -0.1) is 24.0 Å². The van der Waals surface area contributed by atoms with Gasteiger partial charge in [-0.2, -0.15) is 0 Å². The lowest BCUT2D eigenvalue weighted by Gasteiger charge is -2.21. The summed E-state index contributed by atoms with van der Waals surface area (Å²) in [6.07, 6.45) is 0. The van der Waals surface area contributed by atoms with Crippen LogP contribution in [0.5, 0.6) is 0 Å². The number of nitrogens with one attached hydrogen (secondary N) is 3. The summed E-state index contributed by atoms with van der Waals surface area (Å²) in [6.45, 7) is 6.53. The number of aliphatic imine (C=N–C) groups is 1. The van der Waals surface area contributed by atoms with Crippen LogP contribution in [0.25, 0.3) is 0 Å². The molecule has 0 bridgehead atoms. The minimum absolute atomic E-state index is 0. The molecule has 0 aromatic heterocycles. The van der Waals surface area contributed by atoms with Gasteiger partial charge in [0, 0.05) is 24.2 Å². The molecule has 5 nitrogen and oxygen atoms in total. The van der Waals surface area contributed by atoms with Gasteiger partial charge in [-0.25, -0.2) is 0 Å². The van der Waals surface area contributed by atoms with Crippen LogP contribution in [0.2, 0.25) is 5.02 Å². The molecule has 1 aromatic carbocycles. The largest absolute Gasteiger partial charge is 0.352 e. The monoisotopic (exact) mass is 438 g/mol. The molecule has 124 valence electrons. The third kappa shape index (κ3) is 8.43. The molecule has 0 fully saturated rings. The molecule has 7 heteroatoms. The summed E-state index contributed by atoms with van der Waals surface area (Å²) in [6, 6.07) is 7.59. The van der Waals surface area contributed by atoms with E-state index < -0.39 is 0 Å². The van der Waals surface area contributed by atoms with Gasteiger partial charge in [0.15, 0.2) is 5.96 Å². The smallest absolute Gasteiger partial charge is 0.239 e. The van der Waals surface area contributed by atoms with Gasteiger partial charge in [0.05, 0.1) is 6.54 Å². The molecular weight excluding hydrogens is 415 g/mol. The van der Waals surface area contributed by atoms with Crippen molar-refractivity contribution in [2.45, 2.75) is 32.9 Å². The van der Waals surface area contributed by atoms with Gasteiger partial charge in [-0.1, -0.05) is 29.8 Å². The molecule has 3 N–H and O–H groups in total. The second-order valence-corrected chi connectivity index (χ2v) is 6.08. The first kappa shape index (κ1) is 21.0. The Morgan fingerprint density at radius 1 is 1.23 bits per heavy atom. The van der Waals surface area contributed by atoms with Crippen molar-refractivity contribution in [2.75, 3.05) is 13.6 Å². The van der Waals surface area contributed by atoms with Gasteiger partial charge >= 0.3 is 0 Å². The summed E-state index contributed by atoms with van der Waals surface area (Å²) < 4.78 is 0. The van der Waals surface area contributed by atoms with E-state index in [1.807, 2.05) is 45.0 Å². The maximum atomic E-state index is 11.7. The van der Waals surface area contributed by atoms with E-state index in [1.165, 1.54) is 0 Å². The van der Waals surface area contributed by atoms with Crippen molar-refractivity contribution < 1.29 is 4.79 Å². The fraction of sp³-hybridized carbons (Fsp3) is 0.467. The lowest BCUT2D eigenvalue weighted by molar-refractivity contribution is -0.121. The highest BCUT2D eigenvalue weighted by molar-refractivity contribution is 14.0. The van der Waals surface area contributed by atoms with Crippen LogP contribution >= 0.6 is 35.6 Å². The third-order valence-corrected chi connectivity index (χ3v) is 2.93. The minimum Gasteiger partial charge on any atom is -0.352 e. The number of benzene rings is 1. The number of nitrogens with zero attached hydrogens (tertiary/aromatic N) is 1. The molecule has 0 aliphatic heterocycles. The van der Waals surface area contributed by atoms with Gasteiger partial charge in [0.1, 0.15) is 0 Å². The van der Waals surface area contributed by atoms with E-state index in [-0.39, 0.29) is 42.0 Å². The van der Waals surface area contributed by atoms with Crippen molar-refractivity contribution in [1.82, 2.24) is 16.0 Å². The molecule has 1 amide bonds. The van der Waals surface area contributed by atoms with Gasteiger partial charge in [-0.05, 0) is 32.4 Å². The zero-order valence-electron chi connectivity index (χ0n) is 13.4. The number of hydrogen-bond acceptors (Lipinski definition) is 2. The Morgan fingerprint density at radius 3 is 2.41 bits per heavy atom. The van der Waals surface area contributed by atoms with Crippen molar-refractivity contribution in [3.05, 3.63) is 34.9 Å². The summed E-state index contributed by atoms with van der Waals surface area (Å²) in [4.78, 5) is 15.8. The van der Waals surface area contributed by atoms with Crippen LogP contribution in [-0.2, 0) is 11.3 Å². The molecule has 0 heterocycles. The molecule has 1 rings (SSSR count). The topological polar surface area (TPSA) is 65.5 Å². The zero-order chi connectivity index (χ0) is 15.9. The number of carbonyl (C=O) groups is 1. The average molecular weight is 439 g/mol. The Kier molecular flexibility index (Phi) is 9.43. The third-order valence-electron chi connectivity index (χ3n) is 2.56. The summed E-state index contributed by atoms with van der Waals surface area (Å²) in [7, 11) is 1.66. The van der Waals surface area contributed by atoms with E-state index in [1.54, 1.807) is 7.05 Å². The summed E-state index contributed by atoms with van der Waals surface area (Å²) in [5.41, 5.74) is 0.731. The lowest BCUT2D eigenvalue weighted by atomic mass is 10.1. The van der Waals surface area contributed by atoms with Crippen LogP contribution in [0, 0.1) is 0 Å². The molecule has 0 saturated heterocycles. The van der Waals surface area contributed by atoms with E-state index in [2.05, 4.69) is 20.9 Å². The normalized spacial score (nSPS) is 11.4. The van der Waals surface area contributed by atoms with Gasteiger partial charge in [-0.3, -0.25) is 9.79 Å². The van der Waals surface area contributed by atoms with E-state index in [0.717, 1.165) is 5.56 Å². The number of halogens is 2. The first-order valence-electron chi connectivity index (χ1n) is 6.81. The Hall–Kier alpha value is -1.02. The Morgan fingerprint density at radius 2 is 1.86 bits per heavy atom.